The average Bonchev–Trinajstić information content (AvgIpc) is 2.55. The van der Waals surface area contributed by atoms with Crippen molar-refractivity contribution >= 4 is 22.5 Å². The minimum Gasteiger partial charge on any atom is -0.292 e. The van der Waals surface area contributed by atoms with Gasteiger partial charge in [-0.15, -0.1) is 0 Å². The number of hydrogen-bond acceptors (Lipinski definition) is 3. The van der Waals surface area contributed by atoms with E-state index in [0.717, 1.165) is 0 Å². The van der Waals surface area contributed by atoms with E-state index in [1.54, 1.807) is 28.8 Å². The maximum atomic E-state index is 13.3. The molecule has 0 atom stereocenters. The van der Waals surface area contributed by atoms with E-state index < -0.39 is 17.1 Å². The van der Waals surface area contributed by atoms with Gasteiger partial charge in [0.15, 0.2) is 5.82 Å². The van der Waals surface area contributed by atoms with Crippen molar-refractivity contribution in [2.24, 2.45) is 0 Å². The minimum absolute atomic E-state index is 0.163. The lowest BCUT2D eigenvalue weighted by molar-refractivity contribution is 0.627. The lowest BCUT2D eigenvalue weighted by Crippen LogP contribution is -2.27. The summed E-state index contributed by atoms with van der Waals surface area (Å²) in [7, 11) is 0. The molecular weight excluding hydrogens is 333 g/mol. The van der Waals surface area contributed by atoms with Gasteiger partial charge in [0.05, 0.1) is 16.1 Å². The summed E-state index contributed by atoms with van der Waals surface area (Å²) in [5.41, 5.74) is 0.0690. The molecule has 24 heavy (non-hydrogen) atoms. The predicted octanol–water partition coefficient (Wildman–Crippen LogP) is 2.97. The third-order valence-corrected chi connectivity index (χ3v) is 4.06. The Morgan fingerprint density at radius 3 is 2.58 bits per heavy atom. The Bertz CT molecular complexity index is 1170. The molecule has 2 aliphatic heterocycles. The number of fused-ring (bicyclic) bond motifs is 2. The molecule has 0 fully saturated rings. The van der Waals surface area contributed by atoms with Gasteiger partial charge in [0.1, 0.15) is 5.82 Å². The molecule has 0 aromatic heterocycles. The molecule has 2 aromatic rings. The molecule has 2 aromatic carbocycles. The van der Waals surface area contributed by atoms with Gasteiger partial charge in [-0.05, 0) is 36.4 Å². The second-order valence-electron chi connectivity index (χ2n) is 5.24. The molecule has 0 spiro atoms. The van der Waals surface area contributed by atoms with Crippen molar-refractivity contribution in [3.63, 3.8) is 0 Å². The van der Waals surface area contributed by atoms with Gasteiger partial charge in [0.2, 0.25) is 0 Å². The number of nitrogens with zero attached hydrogens (tertiary/aromatic N) is 2. The molecule has 2 aliphatic rings. The fourth-order valence-corrected chi connectivity index (χ4v) is 3.00. The van der Waals surface area contributed by atoms with Crippen LogP contribution in [0.4, 0.5) is 4.39 Å². The highest BCUT2D eigenvalue weighted by Crippen LogP contribution is 2.31. The number of hydrogen-bond donors (Lipinski definition) is 1. The summed E-state index contributed by atoms with van der Waals surface area (Å²) in [6, 6.07) is 12.5. The number of pyridine rings is 1. The zero-order chi connectivity index (χ0) is 16.8. The van der Waals surface area contributed by atoms with Gasteiger partial charge in [-0.3, -0.25) is 14.3 Å². The second-order valence-corrected chi connectivity index (χ2v) is 5.65. The third kappa shape index (κ3) is 2.19. The molecule has 5 nitrogen and oxygen atoms in total. The van der Waals surface area contributed by atoms with E-state index >= 15 is 0 Å². The molecule has 7 heteroatoms. The molecule has 118 valence electrons. The van der Waals surface area contributed by atoms with Crippen molar-refractivity contribution in [3.8, 4) is 17.1 Å². The maximum Gasteiger partial charge on any atom is 0.349 e. The molecular formula is C17H9ClFN3O2. The molecule has 4 rings (SSSR count). The van der Waals surface area contributed by atoms with E-state index in [4.69, 9.17) is 11.6 Å². The molecule has 0 saturated heterocycles. The fraction of sp³-hybridized carbons (Fsp3) is 0. The van der Waals surface area contributed by atoms with Crippen LogP contribution in [0.25, 0.3) is 28.0 Å². The third-order valence-electron chi connectivity index (χ3n) is 3.75. The van der Waals surface area contributed by atoms with E-state index in [0.29, 0.717) is 21.6 Å². The number of nitrogens with one attached hydrogen (secondary N) is 1. The van der Waals surface area contributed by atoms with E-state index in [1.807, 2.05) is 0 Å². The number of aromatic amines is 1. The number of aromatic nitrogens is 3. The largest absolute Gasteiger partial charge is 0.349 e. The molecule has 0 saturated carbocycles. The zero-order valence-electron chi connectivity index (χ0n) is 12.1. The first-order valence-electron chi connectivity index (χ1n) is 7.05. The summed E-state index contributed by atoms with van der Waals surface area (Å²) in [6.45, 7) is 0. The quantitative estimate of drug-likeness (QED) is 0.541. The Hall–Kier alpha value is -2.99. The SMILES string of the molecule is O=c1nc2n(-c3ccc(F)cc3)c3c(Cl)cccc3cc-2c(=O)[nH]1. The highest BCUT2D eigenvalue weighted by molar-refractivity contribution is 6.35. The Morgan fingerprint density at radius 2 is 1.83 bits per heavy atom. The van der Waals surface area contributed by atoms with Crippen LogP contribution in [0, 0.1) is 5.82 Å². The van der Waals surface area contributed by atoms with Gasteiger partial charge in [-0.2, -0.15) is 4.98 Å². The van der Waals surface area contributed by atoms with Crippen LogP contribution in [0.1, 0.15) is 0 Å². The van der Waals surface area contributed by atoms with Gasteiger partial charge < -0.3 is 0 Å². The van der Waals surface area contributed by atoms with Crippen molar-refractivity contribution in [2.45, 2.75) is 0 Å². The van der Waals surface area contributed by atoms with E-state index in [2.05, 4.69) is 9.97 Å². The van der Waals surface area contributed by atoms with Crippen molar-refractivity contribution in [2.75, 3.05) is 0 Å². The second kappa shape index (κ2) is 5.28. The molecule has 0 aliphatic carbocycles. The molecule has 0 amide bonds. The van der Waals surface area contributed by atoms with Crippen molar-refractivity contribution in [3.05, 3.63) is 80.2 Å². The van der Waals surface area contributed by atoms with E-state index in [1.165, 1.54) is 24.3 Å². The number of benzene rings is 2. The van der Waals surface area contributed by atoms with Crippen LogP contribution in [0.15, 0.2) is 58.1 Å². The number of para-hydroxylation sites is 1. The first-order valence-corrected chi connectivity index (χ1v) is 7.42. The molecule has 2 heterocycles. The van der Waals surface area contributed by atoms with Crippen molar-refractivity contribution in [1.29, 1.82) is 0 Å². The van der Waals surface area contributed by atoms with Crippen LogP contribution in [-0.2, 0) is 0 Å². The van der Waals surface area contributed by atoms with Gasteiger partial charge in [-0.1, -0.05) is 23.7 Å². The molecule has 0 radical (unpaired) electrons. The van der Waals surface area contributed by atoms with Crippen molar-refractivity contribution < 1.29 is 4.39 Å². The molecule has 1 N–H and O–H groups in total. The van der Waals surface area contributed by atoms with Crippen LogP contribution in [0.5, 0.6) is 0 Å². The molecule has 0 bridgehead atoms. The summed E-state index contributed by atoms with van der Waals surface area (Å²) in [6.07, 6.45) is 0. The fourth-order valence-electron chi connectivity index (χ4n) is 2.74. The standard InChI is InChI=1S/C17H9ClFN3O2/c18-13-3-1-2-9-8-12-15(20-17(24)21-16(12)23)22(14(9)13)11-6-4-10(19)5-7-11/h1-8H,(H,21,23,24). The summed E-state index contributed by atoms with van der Waals surface area (Å²) < 4.78 is 14.9. The first kappa shape index (κ1) is 14.6. The van der Waals surface area contributed by atoms with Crippen LogP contribution in [0.3, 0.4) is 0 Å². The molecule has 0 unspecified atom stereocenters. The topological polar surface area (TPSA) is 67.8 Å². The highest BCUT2D eigenvalue weighted by atomic mass is 35.5. The Balaban J connectivity index is 2.27. The lowest BCUT2D eigenvalue weighted by atomic mass is 10.1. The Labute approximate surface area is 139 Å². The maximum absolute atomic E-state index is 13.3. The first-order chi connectivity index (χ1) is 11.5. The number of H-pyrrole nitrogens is 1. The normalized spacial score (nSPS) is 11.2. The highest BCUT2D eigenvalue weighted by Gasteiger charge is 2.19. The van der Waals surface area contributed by atoms with Crippen LogP contribution < -0.4 is 11.2 Å². The smallest absolute Gasteiger partial charge is 0.292 e. The van der Waals surface area contributed by atoms with Gasteiger partial charge in [-0.25, -0.2) is 9.18 Å². The van der Waals surface area contributed by atoms with Gasteiger partial charge in [0, 0.05) is 11.1 Å². The van der Waals surface area contributed by atoms with Crippen LogP contribution >= 0.6 is 11.6 Å². The minimum atomic E-state index is -0.755. The zero-order valence-corrected chi connectivity index (χ0v) is 12.8. The van der Waals surface area contributed by atoms with E-state index in [9.17, 15) is 14.0 Å². The monoisotopic (exact) mass is 341 g/mol. The van der Waals surface area contributed by atoms with Crippen molar-refractivity contribution in [1.82, 2.24) is 14.5 Å². The number of rotatable bonds is 1. The van der Waals surface area contributed by atoms with Gasteiger partial charge in [0.25, 0.3) is 5.56 Å². The van der Waals surface area contributed by atoms with E-state index in [-0.39, 0.29) is 11.4 Å². The lowest BCUT2D eigenvalue weighted by Gasteiger charge is -2.18. The number of halogens is 2. The van der Waals surface area contributed by atoms with Gasteiger partial charge >= 0.3 is 5.69 Å². The summed E-state index contributed by atoms with van der Waals surface area (Å²) in [4.78, 5) is 29.9. The van der Waals surface area contributed by atoms with Crippen LogP contribution in [-0.4, -0.2) is 14.5 Å². The Kier molecular flexibility index (Phi) is 3.21. The average molecular weight is 342 g/mol. The van der Waals surface area contributed by atoms with Crippen LogP contribution in [0.2, 0.25) is 5.02 Å². The summed E-state index contributed by atoms with van der Waals surface area (Å²) in [5, 5.41) is 1.12. The summed E-state index contributed by atoms with van der Waals surface area (Å²) >= 11 is 6.34. The Morgan fingerprint density at radius 1 is 1.08 bits per heavy atom. The predicted molar refractivity (Wildman–Crippen MR) is 89.6 cm³/mol. The summed E-state index contributed by atoms with van der Waals surface area (Å²) in [5.74, 6) is -0.235.